The monoisotopic (exact) mass is 283 g/mol. The van der Waals surface area contributed by atoms with E-state index < -0.39 is 6.04 Å². The summed E-state index contributed by atoms with van der Waals surface area (Å²) in [5.41, 5.74) is 0.471. The van der Waals surface area contributed by atoms with E-state index in [-0.39, 0.29) is 11.9 Å². The van der Waals surface area contributed by atoms with Gasteiger partial charge in [0.05, 0.1) is 19.3 Å². The first-order valence-electron chi connectivity index (χ1n) is 5.86. The van der Waals surface area contributed by atoms with Crippen molar-refractivity contribution in [3.05, 3.63) is 29.8 Å². The first-order chi connectivity index (χ1) is 9.10. The van der Waals surface area contributed by atoms with Crippen LogP contribution in [-0.4, -0.2) is 31.7 Å². The van der Waals surface area contributed by atoms with Gasteiger partial charge in [0.15, 0.2) is 0 Å². The SMILES string of the molecule is CCOC(=O)c1ccccc1SN[C@@H](C)C(=O)OC. The number of rotatable bonds is 6. The molecule has 0 aliphatic heterocycles. The summed E-state index contributed by atoms with van der Waals surface area (Å²) in [6.45, 7) is 3.76. The third-order valence-corrected chi connectivity index (χ3v) is 3.33. The van der Waals surface area contributed by atoms with Gasteiger partial charge in [-0.3, -0.25) is 4.79 Å². The molecule has 104 valence electrons. The van der Waals surface area contributed by atoms with Gasteiger partial charge in [-0.15, -0.1) is 0 Å². The fraction of sp³-hybridized carbons (Fsp3) is 0.385. The van der Waals surface area contributed by atoms with Crippen molar-refractivity contribution in [2.45, 2.75) is 24.8 Å². The normalized spacial score (nSPS) is 11.7. The van der Waals surface area contributed by atoms with Crippen LogP contribution in [0.25, 0.3) is 0 Å². The molecule has 0 aliphatic carbocycles. The quantitative estimate of drug-likeness (QED) is 0.636. The van der Waals surface area contributed by atoms with Crippen LogP contribution in [0.1, 0.15) is 24.2 Å². The summed E-state index contributed by atoms with van der Waals surface area (Å²) < 4.78 is 12.5. The third kappa shape index (κ3) is 4.57. The molecule has 0 saturated heterocycles. The highest BCUT2D eigenvalue weighted by Crippen LogP contribution is 2.21. The number of esters is 2. The lowest BCUT2D eigenvalue weighted by Gasteiger charge is -2.12. The van der Waals surface area contributed by atoms with E-state index in [0.29, 0.717) is 17.1 Å². The molecule has 1 rings (SSSR count). The minimum Gasteiger partial charge on any atom is -0.468 e. The zero-order chi connectivity index (χ0) is 14.3. The highest BCUT2D eigenvalue weighted by molar-refractivity contribution is 7.97. The van der Waals surface area contributed by atoms with E-state index in [4.69, 9.17) is 4.74 Å². The van der Waals surface area contributed by atoms with Gasteiger partial charge < -0.3 is 9.47 Å². The summed E-state index contributed by atoms with van der Waals surface area (Å²) in [5, 5.41) is 0. The van der Waals surface area contributed by atoms with Crippen LogP contribution in [0.15, 0.2) is 29.2 Å². The van der Waals surface area contributed by atoms with Gasteiger partial charge in [-0.2, -0.15) is 0 Å². The van der Waals surface area contributed by atoms with Gasteiger partial charge in [-0.25, -0.2) is 9.52 Å². The van der Waals surface area contributed by atoms with Crippen LogP contribution in [0.5, 0.6) is 0 Å². The molecule has 0 bridgehead atoms. The van der Waals surface area contributed by atoms with Crippen molar-refractivity contribution in [3.63, 3.8) is 0 Å². The number of hydrogen-bond acceptors (Lipinski definition) is 6. The van der Waals surface area contributed by atoms with Crippen molar-refractivity contribution < 1.29 is 19.1 Å². The molecule has 1 atom stereocenters. The van der Waals surface area contributed by atoms with Crippen molar-refractivity contribution in [2.75, 3.05) is 13.7 Å². The maximum atomic E-state index is 11.7. The Balaban J connectivity index is 2.73. The zero-order valence-corrected chi connectivity index (χ0v) is 12.0. The summed E-state index contributed by atoms with van der Waals surface area (Å²) in [7, 11) is 1.33. The number of carbonyl (C=O) groups is 2. The predicted octanol–water partition coefficient (Wildman–Crippen LogP) is 2.02. The van der Waals surface area contributed by atoms with Crippen molar-refractivity contribution in [3.8, 4) is 0 Å². The molecular weight excluding hydrogens is 266 g/mol. The third-order valence-electron chi connectivity index (χ3n) is 2.28. The predicted molar refractivity (Wildman–Crippen MR) is 72.9 cm³/mol. The number of benzene rings is 1. The first kappa shape index (κ1) is 15.5. The van der Waals surface area contributed by atoms with E-state index in [1.807, 2.05) is 6.07 Å². The van der Waals surface area contributed by atoms with E-state index in [1.165, 1.54) is 19.1 Å². The highest BCUT2D eigenvalue weighted by atomic mass is 32.2. The molecule has 0 fully saturated rings. The Kier molecular flexibility index (Phi) is 6.38. The Morgan fingerprint density at radius 2 is 2.05 bits per heavy atom. The number of carbonyl (C=O) groups excluding carboxylic acids is 2. The van der Waals surface area contributed by atoms with E-state index in [9.17, 15) is 9.59 Å². The number of ether oxygens (including phenoxy) is 2. The summed E-state index contributed by atoms with van der Waals surface area (Å²) in [5.74, 6) is -0.737. The Labute approximate surface area is 116 Å². The molecule has 5 nitrogen and oxygen atoms in total. The Bertz CT molecular complexity index is 450. The molecule has 0 unspecified atom stereocenters. The van der Waals surface area contributed by atoms with E-state index in [1.54, 1.807) is 32.0 Å². The van der Waals surface area contributed by atoms with E-state index in [0.717, 1.165) is 0 Å². The smallest absolute Gasteiger partial charge is 0.339 e. The molecule has 19 heavy (non-hydrogen) atoms. The zero-order valence-electron chi connectivity index (χ0n) is 11.1. The van der Waals surface area contributed by atoms with Crippen molar-refractivity contribution in [1.29, 1.82) is 0 Å². The molecular formula is C13H17NO4S. The number of nitrogens with one attached hydrogen (secondary N) is 1. The minimum absolute atomic E-state index is 0.323. The summed E-state index contributed by atoms with van der Waals surface area (Å²) in [6.07, 6.45) is 0. The average molecular weight is 283 g/mol. The number of methoxy groups -OCH3 is 1. The summed E-state index contributed by atoms with van der Waals surface area (Å²) >= 11 is 1.20. The van der Waals surface area contributed by atoms with Crippen LogP contribution in [0.4, 0.5) is 0 Å². The molecule has 0 aromatic heterocycles. The molecule has 6 heteroatoms. The standard InChI is InChI=1S/C13H17NO4S/c1-4-18-13(16)10-7-5-6-8-11(10)19-14-9(2)12(15)17-3/h5-9,14H,4H2,1-3H3/t9-/m0/s1. The lowest BCUT2D eigenvalue weighted by atomic mass is 10.2. The van der Waals surface area contributed by atoms with Crippen LogP contribution >= 0.6 is 11.9 Å². The van der Waals surface area contributed by atoms with Crippen LogP contribution < -0.4 is 4.72 Å². The van der Waals surface area contributed by atoms with Gasteiger partial charge in [0.1, 0.15) is 6.04 Å². The molecule has 0 heterocycles. The lowest BCUT2D eigenvalue weighted by molar-refractivity contribution is -0.142. The largest absolute Gasteiger partial charge is 0.468 e. The molecule has 1 aromatic carbocycles. The second-order valence-electron chi connectivity index (χ2n) is 3.68. The Hall–Kier alpha value is -1.53. The lowest BCUT2D eigenvalue weighted by Crippen LogP contribution is -2.30. The van der Waals surface area contributed by atoms with Gasteiger partial charge in [0.25, 0.3) is 0 Å². The average Bonchev–Trinajstić information content (AvgIpc) is 2.44. The van der Waals surface area contributed by atoms with Gasteiger partial charge in [-0.05, 0) is 37.9 Å². The molecule has 0 amide bonds. The van der Waals surface area contributed by atoms with E-state index in [2.05, 4.69) is 9.46 Å². The molecule has 0 spiro atoms. The first-order valence-corrected chi connectivity index (χ1v) is 6.68. The van der Waals surface area contributed by atoms with Crippen molar-refractivity contribution >= 4 is 23.9 Å². The second kappa shape index (κ2) is 7.81. The van der Waals surface area contributed by atoms with Gasteiger partial charge in [0, 0.05) is 4.90 Å². The maximum absolute atomic E-state index is 11.7. The second-order valence-corrected chi connectivity index (χ2v) is 4.56. The number of hydrogen-bond donors (Lipinski definition) is 1. The van der Waals surface area contributed by atoms with Gasteiger partial charge in [0.2, 0.25) is 0 Å². The fourth-order valence-electron chi connectivity index (χ4n) is 1.31. The van der Waals surface area contributed by atoms with E-state index >= 15 is 0 Å². The Morgan fingerprint density at radius 3 is 2.68 bits per heavy atom. The molecule has 0 radical (unpaired) electrons. The molecule has 1 aromatic rings. The van der Waals surface area contributed by atoms with Gasteiger partial charge >= 0.3 is 11.9 Å². The highest BCUT2D eigenvalue weighted by Gasteiger charge is 2.16. The van der Waals surface area contributed by atoms with Crippen molar-refractivity contribution in [1.82, 2.24) is 4.72 Å². The van der Waals surface area contributed by atoms with Crippen LogP contribution in [-0.2, 0) is 14.3 Å². The van der Waals surface area contributed by atoms with Crippen molar-refractivity contribution in [2.24, 2.45) is 0 Å². The molecule has 0 saturated carbocycles. The molecule has 1 N–H and O–H groups in total. The summed E-state index contributed by atoms with van der Waals surface area (Å²) in [6, 6.07) is 6.58. The topological polar surface area (TPSA) is 64.6 Å². The van der Waals surface area contributed by atoms with Crippen LogP contribution in [0, 0.1) is 0 Å². The maximum Gasteiger partial charge on any atom is 0.339 e. The summed E-state index contributed by atoms with van der Waals surface area (Å²) in [4.78, 5) is 23.7. The minimum atomic E-state index is -0.467. The van der Waals surface area contributed by atoms with Gasteiger partial charge in [-0.1, -0.05) is 12.1 Å². The van der Waals surface area contributed by atoms with Crippen LogP contribution in [0.2, 0.25) is 0 Å². The molecule has 0 aliphatic rings. The Morgan fingerprint density at radius 1 is 1.37 bits per heavy atom. The van der Waals surface area contributed by atoms with Crippen LogP contribution in [0.3, 0.4) is 0 Å². The fourth-order valence-corrected chi connectivity index (χ4v) is 2.12.